The van der Waals surface area contributed by atoms with Crippen molar-refractivity contribution >= 4 is 17.7 Å². The molecule has 0 aliphatic rings. The summed E-state index contributed by atoms with van der Waals surface area (Å²) in [6.45, 7) is 5.02. The maximum atomic E-state index is 11.0. The second-order valence-corrected chi connectivity index (χ2v) is 5.26. The normalized spacial score (nSPS) is 10.7. The second kappa shape index (κ2) is 8.11. The number of esters is 1. The monoisotopic (exact) mass is 268 g/mol. The summed E-state index contributed by atoms with van der Waals surface area (Å²) in [5.41, 5.74) is 1.17. The minimum atomic E-state index is -0.180. The van der Waals surface area contributed by atoms with Gasteiger partial charge < -0.3 is 10.1 Å². The van der Waals surface area contributed by atoms with Gasteiger partial charge in [-0.25, -0.2) is 4.98 Å². The molecule has 1 aromatic rings. The van der Waals surface area contributed by atoms with Crippen molar-refractivity contribution in [2.24, 2.45) is 0 Å². The maximum Gasteiger partial charge on any atom is 0.306 e. The fourth-order valence-corrected chi connectivity index (χ4v) is 2.26. The highest BCUT2D eigenvalue weighted by Crippen LogP contribution is 2.20. The zero-order chi connectivity index (χ0) is 13.4. The number of nitrogens with one attached hydrogen (secondary N) is 1. The van der Waals surface area contributed by atoms with E-state index in [4.69, 9.17) is 0 Å². The van der Waals surface area contributed by atoms with Crippen LogP contribution in [0.4, 0.5) is 0 Å². The zero-order valence-corrected chi connectivity index (χ0v) is 11.9. The molecule has 100 valence electrons. The average Bonchev–Trinajstić information content (AvgIpc) is 2.37. The molecule has 0 aromatic carbocycles. The molecule has 0 amide bonds. The number of hydrogen-bond acceptors (Lipinski definition) is 5. The van der Waals surface area contributed by atoms with Gasteiger partial charge in [0.15, 0.2) is 0 Å². The van der Waals surface area contributed by atoms with Crippen LogP contribution in [0.3, 0.4) is 0 Å². The molecule has 0 bridgehead atoms. The number of pyridine rings is 1. The quantitative estimate of drug-likeness (QED) is 0.607. The van der Waals surface area contributed by atoms with Gasteiger partial charge in [-0.2, -0.15) is 0 Å². The van der Waals surface area contributed by atoms with Crippen LogP contribution in [-0.4, -0.2) is 29.9 Å². The van der Waals surface area contributed by atoms with Crippen molar-refractivity contribution in [3.63, 3.8) is 0 Å². The van der Waals surface area contributed by atoms with E-state index in [0.717, 1.165) is 11.6 Å². The van der Waals surface area contributed by atoms with Gasteiger partial charge in [0.2, 0.25) is 0 Å². The van der Waals surface area contributed by atoms with E-state index < -0.39 is 0 Å². The molecule has 18 heavy (non-hydrogen) atoms. The lowest BCUT2D eigenvalue weighted by molar-refractivity contribution is -0.140. The number of thioether (sulfide) groups is 1. The van der Waals surface area contributed by atoms with Gasteiger partial charge in [-0.1, -0.05) is 19.9 Å². The fourth-order valence-electron chi connectivity index (χ4n) is 1.34. The number of methoxy groups -OCH3 is 1. The van der Waals surface area contributed by atoms with Gasteiger partial charge in [0.05, 0.1) is 13.5 Å². The molecule has 0 saturated carbocycles. The maximum absolute atomic E-state index is 11.0. The smallest absolute Gasteiger partial charge is 0.306 e. The molecule has 0 aliphatic heterocycles. The minimum absolute atomic E-state index is 0.180. The number of carbonyl (C=O) groups is 1. The summed E-state index contributed by atoms with van der Waals surface area (Å²) in [7, 11) is 1.41. The van der Waals surface area contributed by atoms with Crippen LogP contribution in [0.5, 0.6) is 0 Å². The molecule has 4 nitrogen and oxygen atoms in total. The van der Waals surface area contributed by atoms with Crippen molar-refractivity contribution in [3.8, 4) is 0 Å². The molecule has 0 unspecified atom stereocenters. The molecule has 1 aromatic heterocycles. The Hall–Kier alpha value is -1.07. The van der Waals surface area contributed by atoms with Crippen LogP contribution in [0, 0.1) is 0 Å². The molecule has 1 heterocycles. The molecule has 0 radical (unpaired) electrons. The van der Waals surface area contributed by atoms with E-state index in [2.05, 4.69) is 35.0 Å². The Morgan fingerprint density at radius 1 is 1.56 bits per heavy atom. The predicted molar refractivity (Wildman–Crippen MR) is 73.6 cm³/mol. The first kappa shape index (κ1) is 15.0. The Morgan fingerprint density at radius 3 is 3.00 bits per heavy atom. The second-order valence-electron chi connectivity index (χ2n) is 4.18. The largest absolute Gasteiger partial charge is 0.469 e. The van der Waals surface area contributed by atoms with Crippen molar-refractivity contribution in [2.75, 3.05) is 12.9 Å². The summed E-state index contributed by atoms with van der Waals surface area (Å²) in [5.74, 6) is 0.513. The summed E-state index contributed by atoms with van der Waals surface area (Å²) >= 11 is 1.59. The van der Waals surface area contributed by atoms with Gasteiger partial charge in [0, 0.05) is 24.5 Å². The lowest BCUT2D eigenvalue weighted by Crippen LogP contribution is -2.22. The van der Waals surface area contributed by atoms with Gasteiger partial charge in [-0.15, -0.1) is 11.8 Å². The number of nitrogens with zero attached hydrogens (tertiary/aromatic N) is 1. The van der Waals surface area contributed by atoms with E-state index in [1.54, 1.807) is 18.0 Å². The Morgan fingerprint density at radius 2 is 2.33 bits per heavy atom. The lowest BCUT2D eigenvalue weighted by atomic mass is 10.2. The number of aromatic nitrogens is 1. The first-order chi connectivity index (χ1) is 8.63. The van der Waals surface area contributed by atoms with Gasteiger partial charge in [-0.3, -0.25) is 4.79 Å². The van der Waals surface area contributed by atoms with E-state index in [0.29, 0.717) is 18.2 Å². The van der Waals surface area contributed by atoms with E-state index in [1.807, 2.05) is 6.07 Å². The molecule has 0 aliphatic carbocycles. The summed E-state index contributed by atoms with van der Waals surface area (Å²) in [6.07, 6.45) is 2.19. The van der Waals surface area contributed by atoms with Gasteiger partial charge in [0.1, 0.15) is 5.03 Å². The Balaban J connectivity index is 2.50. The third kappa shape index (κ3) is 5.51. The first-order valence-corrected chi connectivity index (χ1v) is 6.99. The van der Waals surface area contributed by atoms with Crippen molar-refractivity contribution in [2.45, 2.75) is 37.9 Å². The molecule has 1 rings (SSSR count). The number of carbonyl (C=O) groups excluding carboxylic acids is 1. The van der Waals surface area contributed by atoms with E-state index in [9.17, 15) is 4.79 Å². The Kier molecular flexibility index (Phi) is 6.75. The molecule has 0 fully saturated rings. The van der Waals surface area contributed by atoms with Crippen molar-refractivity contribution in [1.82, 2.24) is 10.3 Å². The van der Waals surface area contributed by atoms with Crippen molar-refractivity contribution in [1.29, 1.82) is 0 Å². The number of ether oxygens (including phenoxy) is 1. The molecule has 0 spiro atoms. The summed E-state index contributed by atoms with van der Waals surface area (Å²) in [5, 5.41) is 4.35. The third-order valence-corrected chi connectivity index (χ3v) is 3.37. The van der Waals surface area contributed by atoms with Crippen LogP contribution >= 0.6 is 11.8 Å². The third-order valence-electron chi connectivity index (χ3n) is 2.32. The van der Waals surface area contributed by atoms with Crippen LogP contribution in [0.15, 0.2) is 23.4 Å². The van der Waals surface area contributed by atoms with Crippen LogP contribution < -0.4 is 5.32 Å². The lowest BCUT2D eigenvalue weighted by Gasteiger charge is -2.11. The van der Waals surface area contributed by atoms with Crippen molar-refractivity contribution in [3.05, 3.63) is 23.9 Å². The molecule has 0 saturated heterocycles. The summed E-state index contributed by atoms with van der Waals surface area (Å²) in [6, 6.07) is 4.43. The van der Waals surface area contributed by atoms with Crippen LogP contribution in [0.25, 0.3) is 0 Å². The van der Waals surface area contributed by atoms with Crippen LogP contribution in [0.2, 0.25) is 0 Å². The van der Waals surface area contributed by atoms with E-state index >= 15 is 0 Å². The van der Waals surface area contributed by atoms with Gasteiger partial charge in [-0.05, 0) is 11.6 Å². The van der Waals surface area contributed by atoms with Gasteiger partial charge in [0.25, 0.3) is 0 Å². The van der Waals surface area contributed by atoms with Crippen molar-refractivity contribution < 1.29 is 9.53 Å². The zero-order valence-electron chi connectivity index (χ0n) is 11.1. The highest BCUT2D eigenvalue weighted by atomic mass is 32.2. The van der Waals surface area contributed by atoms with Gasteiger partial charge >= 0.3 is 5.97 Å². The molecule has 0 atom stereocenters. The van der Waals surface area contributed by atoms with Crippen LogP contribution in [0.1, 0.15) is 25.8 Å². The average molecular weight is 268 g/mol. The predicted octanol–water partition coefficient (Wildman–Crippen LogP) is 2.23. The Labute approximate surface area is 113 Å². The molecular formula is C13H20N2O2S. The molecule has 1 N–H and O–H groups in total. The standard InChI is InChI=1S/C13H20N2O2S/c1-10(2)15-9-11-5-4-7-14-13(11)18-8-6-12(16)17-3/h4-5,7,10,15H,6,8-9H2,1-3H3. The number of rotatable bonds is 7. The minimum Gasteiger partial charge on any atom is -0.469 e. The first-order valence-electron chi connectivity index (χ1n) is 6.00. The SMILES string of the molecule is COC(=O)CCSc1ncccc1CNC(C)C. The highest BCUT2D eigenvalue weighted by Gasteiger charge is 2.06. The highest BCUT2D eigenvalue weighted by molar-refractivity contribution is 7.99. The summed E-state index contributed by atoms with van der Waals surface area (Å²) in [4.78, 5) is 15.4. The molecule has 5 heteroatoms. The van der Waals surface area contributed by atoms with E-state index in [-0.39, 0.29) is 5.97 Å². The topological polar surface area (TPSA) is 51.2 Å². The fraction of sp³-hybridized carbons (Fsp3) is 0.538. The molecular weight excluding hydrogens is 248 g/mol. The number of hydrogen-bond donors (Lipinski definition) is 1. The van der Waals surface area contributed by atoms with E-state index in [1.165, 1.54) is 12.7 Å². The van der Waals surface area contributed by atoms with Crippen LogP contribution in [-0.2, 0) is 16.1 Å². The Bertz CT molecular complexity index is 383. The summed E-state index contributed by atoms with van der Waals surface area (Å²) < 4.78 is 4.61.